The van der Waals surface area contributed by atoms with Crippen molar-refractivity contribution in [3.63, 3.8) is 0 Å². The van der Waals surface area contributed by atoms with E-state index in [0.717, 1.165) is 23.4 Å². The first-order chi connectivity index (χ1) is 14.3. The summed E-state index contributed by atoms with van der Waals surface area (Å²) >= 11 is 0. The number of rotatable bonds is 5. The standard InChI is InChI=1S/C23H27FN4O2/c1-6-28-20-12-18(24)16(11-17(20)15(2)13-23(28,3)4)14-25-27-22(29)26-19-9-7-8-10-21(19)30-5/h7-14H,6H2,1-5H3,(H2,26,27,29)/b25-14+. The number of benzene rings is 2. The first-order valence-corrected chi connectivity index (χ1v) is 9.81. The van der Waals surface area contributed by atoms with Crippen LogP contribution in [-0.4, -0.2) is 31.4 Å². The van der Waals surface area contributed by atoms with Crippen molar-refractivity contribution in [1.82, 2.24) is 5.43 Å². The summed E-state index contributed by atoms with van der Waals surface area (Å²) in [5.41, 5.74) is 5.87. The summed E-state index contributed by atoms with van der Waals surface area (Å²) in [4.78, 5) is 14.3. The Morgan fingerprint density at radius 2 is 2.03 bits per heavy atom. The molecule has 1 aliphatic heterocycles. The molecule has 2 N–H and O–H groups in total. The zero-order valence-electron chi connectivity index (χ0n) is 17.9. The Hall–Kier alpha value is -3.35. The van der Waals surface area contributed by atoms with E-state index in [1.165, 1.54) is 19.4 Å². The van der Waals surface area contributed by atoms with Crippen molar-refractivity contribution in [2.45, 2.75) is 33.2 Å². The second-order valence-corrected chi connectivity index (χ2v) is 7.64. The molecule has 30 heavy (non-hydrogen) atoms. The van der Waals surface area contributed by atoms with Crippen LogP contribution in [0.4, 0.5) is 20.6 Å². The van der Waals surface area contributed by atoms with Crippen LogP contribution in [0.3, 0.4) is 0 Å². The van der Waals surface area contributed by atoms with Crippen LogP contribution in [0.5, 0.6) is 5.75 Å². The molecule has 0 aliphatic carbocycles. The number of amides is 2. The SMILES string of the molecule is CCN1c2cc(F)c(/C=N/NC(=O)Nc3ccccc3OC)cc2C(C)=CC1(C)C. The molecule has 2 aromatic carbocycles. The third-order valence-corrected chi connectivity index (χ3v) is 5.14. The van der Waals surface area contributed by atoms with E-state index >= 15 is 0 Å². The minimum absolute atomic E-state index is 0.188. The van der Waals surface area contributed by atoms with E-state index in [1.54, 1.807) is 30.3 Å². The van der Waals surface area contributed by atoms with Crippen LogP contribution >= 0.6 is 0 Å². The maximum Gasteiger partial charge on any atom is 0.339 e. The van der Waals surface area contributed by atoms with Gasteiger partial charge in [0.25, 0.3) is 0 Å². The Morgan fingerprint density at radius 1 is 1.30 bits per heavy atom. The van der Waals surface area contributed by atoms with Crippen LogP contribution in [0.2, 0.25) is 0 Å². The molecule has 0 saturated heterocycles. The summed E-state index contributed by atoms with van der Waals surface area (Å²) < 4.78 is 19.9. The summed E-state index contributed by atoms with van der Waals surface area (Å²) in [6.07, 6.45) is 3.48. The molecule has 158 valence electrons. The number of carbonyl (C=O) groups is 1. The number of urea groups is 1. The number of anilines is 2. The third-order valence-electron chi connectivity index (χ3n) is 5.14. The van der Waals surface area contributed by atoms with Gasteiger partial charge in [-0.15, -0.1) is 0 Å². The number of halogens is 1. The number of likely N-dealkylation sites (N-methyl/N-ethyl adjacent to an activating group) is 1. The van der Waals surface area contributed by atoms with Crippen LogP contribution in [-0.2, 0) is 0 Å². The molecule has 0 bridgehead atoms. The zero-order chi connectivity index (χ0) is 21.9. The van der Waals surface area contributed by atoms with Gasteiger partial charge in [0.05, 0.1) is 24.6 Å². The fourth-order valence-electron chi connectivity index (χ4n) is 3.85. The summed E-state index contributed by atoms with van der Waals surface area (Å²) in [5, 5.41) is 6.54. The quantitative estimate of drug-likeness (QED) is 0.538. The van der Waals surface area contributed by atoms with Gasteiger partial charge in [0.15, 0.2) is 0 Å². The second-order valence-electron chi connectivity index (χ2n) is 7.64. The highest BCUT2D eigenvalue weighted by molar-refractivity contribution is 5.92. The highest BCUT2D eigenvalue weighted by atomic mass is 19.1. The monoisotopic (exact) mass is 410 g/mol. The largest absolute Gasteiger partial charge is 0.495 e. The molecule has 2 aromatic rings. The van der Waals surface area contributed by atoms with Gasteiger partial charge in [-0.3, -0.25) is 0 Å². The van der Waals surface area contributed by atoms with Gasteiger partial charge >= 0.3 is 6.03 Å². The summed E-state index contributed by atoms with van der Waals surface area (Å²) in [6.45, 7) is 9.06. The van der Waals surface area contributed by atoms with Crippen LogP contribution in [0.15, 0.2) is 47.6 Å². The van der Waals surface area contributed by atoms with Crippen molar-refractivity contribution in [1.29, 1.82) is 0 Å². The van der Waals surface area contributed by atoms with E-state index in [2.05, 4.69) is 47.6 Å². The van der Waals surface area contributed by atoms with Crippen LogP contribution < -0.4 is 20.4 Å². The molecule has 0 radical (unpaired) electrons. The number of hydrogen-bond acceptors (Lipinski definition) is 4. The molecule has 1 aliphatic rings. The van der Waals surface area contributed by atoms with E-state index in [-0.39, 0.29) is 5.54 Å². The molecule has 0 saturated carbocycles. The molecule has 0 spiro atoms. The van der Waals surface area contributed by atoms with E-state index in [0.29, 0.717) is 17.0 Å². The number of ether oxygens (including phenoxy) is 1. The van der Waals surface area contributed by atoms with E-state index in [9.17, 15) is 9.18 Å². The molecular weight excluding hydrogens is 383 g/mol. The van der Waals surface area contributed by atoms with Crippen LogP contribution in [0, 0.1) is 5.82 Å². The number of hydrazone groups is 1. The molecular formula is C23H27FN4O2. The molecule has 1 heterocycles. The van der Waals surface area contributed by atoms with Crippen LogP contribution in [0.25, 0.3) is 5.57 Å². The fraction of sp³-hybridized carbons (Fsp3) is 0.304. The third kappa shape index (κ3) is 4.30. The average Bonchev–Trinajstić information content (AvgIpc) is 2.69. The van der Waals surface area contributed by atoms with Gasteiger partial charge in [0, 0.05) is 23.4 Å². The lowest BCUT2D eigenvalue weighted by atomic mass is 9.88. The molecule has 0 atom stereocenters. The van der Waals surface area contributed by atoms with Gasteiger partial charge < -0.3 is 15.0 Å². The van der Waals surface area contributed by atoms with E-state index in [4.69, 9.17) is 4.74 Å². The van der Waals surface area contributed by atoms with Crippen molar-refractivity contribution in [2.75, 3.05) is 23.9 Å². The minimum Gasteiger partial charge on any atom is -0.495 e. The highest BCUT2D eigenvalue weighted by Crippen LogP contribution is 2.39. The Morgan fingerprint density at radius 3 is 2.73 bits per heavy atom. The van der Waals surface area contributed by atoms with Gasteiger partial charge in [0.1, 0.15) is 11.6 Å². The predicted molar refractivity (Wildman–Crippen MR) is 120 cm³/mol. The molecule has 0 fully saturated rings. The van der Waals surface area contributed by atoms with E-state index in [1.807, 2.05) is 6.92 Å². The molecule has 6 nitrogen and oxygen atoms in total. The summed E-state index contributed by atoms with van der Waals surface area (Å²) in [5.74, 6) is 0.136. The number of allylic oxidation sites excluding steroid dienone is 1. The van der Waals surface area contributed by atoms with Gasteiger partial charge in [0.2, 0.25) is 0 Å². The van der Waals surface area contributed by atoms with Gasteiger partial charge in [-0.1, -0.05) is 18.2 Å². The topological polar surface area (TPSA) is 66.0 Å². The first kappa shape index (κ1) is 21.4. The fourth-order valence-corrected chi connectivity index (χ4v) is 3.85. The van der Waals surface area contributed by atoms with Crippen molar-refractivity contribution >= 4 is 29.2 Å². The number of fused-ring (bicyclic) bond motifs is 1. The second kappa shape index (κ2) is 8.57. The Labute approximate surface area is 176 Å². The molecule has 7 heteroatoms. The van der Waals surface area contributed by atoms with Gasteiger partial charge in [-0.2, -0.15) is 5.10 Å². The molecule has 0 unspecified atom stereocenters. The lowest BCUT2D eigenvalue weighted by Crippen LogP contribution is -2.45. The maximum atomic E-state index is 14.8. The Bertz CT molecular complexity index is 1010. The smallest absolute Gasteiger partial charge is 0.339 e. The molecule has 3 rings (SSSR count). The summed E-state index contributed by atoms with van der Waals surface area (Å²) in [6, 6.07) is 9.77. The van der Waals surface area contributed by atoms with Gasteiger partial charge in [-0.05, 0) is 57.5 Å². The van der Waals surface area contributed by atoms with Crippen molar-refractivity contribution in [3.8, 4) is 5.75 Å². The maximum absolute atomic E-state index is 14.8. The summed E-state index contributed by atoms with van der Waals surface area (Å²) in [7, 11) is 1.52. The van der Waals surface area contributed by atoms with Gasteiger partial charge in [-0.25, -0.2) is 14.6 Å². The van der Waals surface area contributed by atoms with Crippen molar-refractivity contribution in [3.05, 3.63) is 59.4 Å². The highest BCUT2D eigenvalue weighted by Gasteiger charge is 2.30. The number of hydrogen-bond donors (Lipinski definition) is 2. The lowest BCUT2D eigenvalue weighted by molar-refractivity contribution is 0.252. The number of nitrogens with zero attached hydrogens (tertiary/aromatic N) is 2. The number of para-hydroxylation sites is 2. The normalized spacial score (nSPS) is 14.9. The number of carbonyl (C=O) groups excluding carboxylic acids is 1. The Balaban J connectivity index is 1.77. The van der Waals surface area contributed by atoms with Crippen LogP contribution in [0.1, 0.15) is 38.8 Å². The van der Waals surface area contributed by atoms with E-state index < -0.39 is 11.8 Å². The first-order valence-electron chi connectivity index (χ1n) is 9.81. The minimum atomic E-state index is -0.552. The Kier molecular flexibility index (Phi) is 6.10. The number of methoxy groups -OCH3 is 1. The molecule has 2 amide bonds. The van der Waals surface area contributed by atoms with Crippen molar-refractivity contribution < 1.29 is 13.9 Å². The molecule has 0 aromatic heterocycles. The average molecular weight is 410 g/mol. The lowest BCUT2D eigenvalue weighted by Gasteiger charge is -2.42. The zero-order valence-corrected chi connectivity index (χ0v) is 17.9. The predicted octanol–water partition coefficient (Wildman–Crippen LogP) is 5.01. The van der Waals surface area contributed by atoms with Crippen molar-refractivity contribution in [2.24, 2.45) is 5.10 Å². The number of nitrogens with one attached hydrogen (secondary N) is 2.